The third-order valence-electron chi connectivity index (χ3n) is 0.734. The second-order valence-corrected chi connectivity index (χ2v) is 3.83. The van der Waals surface area contributed by atoms with Crippen molar-refractivity contribution in [3.05, 3.63) is 0 Å². The van der Waals surface area contributed by atoms with Crippen molar-refractivity contribution in [3.63, 3.8) is 0 Å². The predicted octanol–water partition coefficient (Wildman–Crippen LogP) is 1.32. The summed E-state index contributed by atoms with van der Waals surface area (Å²) in [6.45, 7) is 0. The van der Waals surface area contributed by atoms with Crippen LogP contribution in [0, 0.1) is 0 Å². The molecular formula is C3H7PS. The highest BCUT2D eigenvalue weighted by Gasteiger charge is 2.10. The highest BCUT2D eigenvalue weighted by atomic mass is 32.2. The average Bonchev–Trinajstić information content (AvgIpc) is 1.30. The highest BCUT2D eigenvalue weighted by molar-refractivity contribution is 8.04. The minimum absolute atomic E-state index is 0.898. The van der Waals surface area contributed by atoms with Crippen LogP contribution >= 0.6 is 21.0 Å². The summed E-state index contributed by atoms with van der Waals surface area (Å²) in [5, 5.41) is 0. The van der Waals surface area contributed by atoms with E-state index in [1.807, 2.05) is 11.8 Å². The van der Waals surface area contributed by atoms with Crippen molar-refractivity contribution in [3.8, 4) is 0 Å². The zero-order chi connectivity index (χ0) is 3.70. The van der Waals surface area contributed by atoms with E-state index < -0.39 is 0 Å². The van der Waals surface area contributed by atoms with Crippen molar-refractivity contribution >= 4 is 21.0 Å². The third kappa shape index (κ3) is 0.804. The summed E-state index contributed by atoms with van der Waals surface area (Å²) < 4.78 is 0. The van der Waals surface area contributed by atoms with Gasteiger partial charge in [-0.3, -0.25) is 0 Å². The maximum Gasteiger partial charge on any atom is 0.0198 e. The molecule has 2 heteroatoms. The molecule has 0 saturated carbocycles. The van der Waals surface area contributed by atoms with E-state index in [1.165, 1.54) is 12.2 Å². The Bertz CT molecular complexity index is 33.9. The molecule has 5 heavy (non-hydrogen) atoms. The largest absolute Gasteiger partial charge is 0.154 e. The summed E-state index contributed by atoms with van der Waals surface area (Å²) in [5.74, 6) is 1.38. The van der Waals surface area contributed by atoms with E-state index in [4.69, 9.17) is 0 Å². The van der Waals surface area contributed by atoms with Crippen molar-refractivity contribution in [2.24, 2.45) is 0 Å². The molecule has 2 unspecified atom stereocenters. The molecule has 0 spiro atoms. The Labute approximate surface area is 38.9 Å². The van der Waals surface area contributed by atoms with Gasteiger partial charge >= 0.3 is 0 Å². The van der Waals surface area contributed by atoms with Crippen LogP contribution in [0.5, 0.6) is 0 Å². The first-order valence-corrected chi connectivity index (χ1v) is 3.48. The fraction of sp³-hybridized carbons (Fsp3) is 1.00. The van der Waals surface area contributed by atoms with Crippen LogP contribution in [0.1, 0.15) is 6.42 Å². The van der Waals surface area contributed by atoms with Crippen LogP contribution in [0.3, 0.4) is 0 Å². The Morgan fingerprint density at radius 3 is 2.20 bits per heavy atom. The SMILES string of the molecule is PC1CCS1. The van der Waals surface area contributed by atoms with Crippen LogP contribution in [0.2, 0.25) is 0 Å². The van der Waals surface area contributed by atoms with E-state index in [0.717, 1.165) is 4.99 Å². The van der Waals surface area contributed by atoms with E-state index in [0.29, 0.717) is 0 Å². The molecule has 0 nitrogen and oxygen atoms in total. The zero-order valence-electron chi connectivity index (χ0n) is 2.98. The quantitative estimate of drug-likeness (QED) is 0.420. The van der Waals surface area contributed by atoms with E-state index in [9.17, 15) is 0 Å². The molecule has 0 aromatic heterocycles. The molecule has 0 aromatic rings. The molecule has 30 valence electrons. The molecule has 1 rings (SSSR count). The van der Waals surface area contributed by atoms with Gasteiger partial charge < -0.3 is 0 Å². The summed E-state index contributed by atoms with van der Waals surface area (Å²) in [6.07, 6.45) is 1.41. The van der Waals surface area contributed by atoms with Crippen LogP contribution < -0.4 is 0 Å². The van der Waals surface area contributed by atoms with E-state index in [-0.39, 0.29) is 0 Å². The van der Waals surface area contributed by atoms with Crippen molar-refractivity contribution < 1.29 is 0 Å². The van der Waals surface area contributed by atoms with Crippen LogP contribution in [0.4, 0.5) is 0 Å². The third-order valence-corrected chi connectivity index (χ3v) is 2.78. The van der Waals surface area contributed by atoms with Gasteiger partial charge in [0, 0.05) is 4.99 Å². The first kappa shape index (κ1) is 3.95. The highest BCUT2D eigenvalue weighted by Crippen LogP contribution is 2.32. The summed E-state index contributed by atoms with van der Waals surface area (Å²) in [4.78, 5) is 0.898. The number of hydrogen-bond donors (Lipinski definition) is 0. The summed E-state index contributed by atoms with van der Waals surface area (Å²) in [5.41, 5.74) is 0. The lowest BCUT2D eigenvalue weighted by Crippen LogP contribution is -2.05. The van der Waals surface area contributed by atoms with E-state index >= 15 is 0 Å². The van der Waals surface area contributed by atoms with E-state index in [2.05, 4.69) is 9.24 Å². The smallest absolute Gasteiger partial charge is 0.0198 e. The Hall–Kier alpha value is 0.780. The Kier molecular flexibility index (Phi) is 1.17. The molecule has 1 aliphatic rings. The lowest BCUT2D eigenvalue weighted by molar-refractivity contribution is 1.01. The van der Waals surface area contributed by atoms with Gasteiger partial charge in [-0.05, 0) is 12.2 Å². The Morgan fingerprint density at radius 1 is 1.80 bits per heavy atom. The molecular weight excluding hydrogens is 99.1 g/mol. The van der Waals surface area contributed by atoms with Crippen molar-refractivity contribution in [2.45, 2.75) is 11.4 Å². The Morgan fingerprint density at radius 2 is 2.20 bits per heavy atom. The van der Waals surface area contributed by atoms with Crippen molar-refractivity contribution in [1.82, 2.24) is 0 Å². The molecule has 0 bridgehead atoms. The summed E-state index contributed by atoms with van der Waals surface area (Å²) in [7, 11) is 2.78. The first-order chi connectivity index (χ1) is 2.39. The minimum Gasteiger partial charge on any atom is -0.154 e. The van der Waals surface area contributed by atoms with E-state index in [1.54, 1.807) is 0 Å². The van der Waals surface area contributed by atoms with Crippen molar-refractivity contribution in [2.75, 3.05) is 5.75 Å². The van der Waals surface area contributed by atoms with Crippen LogP contribution in [0.15, 0.2) is 0 Å². The second kappa shape index (κ2) is 1.49. The average molecular weight is 106 g/mol. The molecule has 2 atom stereocenters. The zero-order valence-corrected chi connectivity index (χ0v) is 4.95. The molecule has 0 N–H and O–H groups in total. The monoisotopic (exact) mass is 106 g/mol. The van der Waals surface area contributed by atoms with Gasteiger partial charge in [0.05, 0.1) is 0 Å². The standard InChI is InChI=1S/C3H7PS/c4-3-1-2-5-3/h3H,1-2,4H2. The Balaban J connectivity index is 2.08. The van der Waals surface area contributed by atoms with Crippen LogP contribution in [-0.2, 0) is 0 Å². The molecule has 1 aliphatic heterocycles. The van der Waals surface area contributed by atoms with Gasteiger partial charge in [-0.25, -0.2) is 0 Å². The normalized spacial score (nSPS) is 36.6. The van der Waals surface area contributed by atoms with Gasteiger partial charge in [-0.2, -0.15) is 11.8 Å². The van der Waals surface area contributed by atoms with Gasteiger partial charge in [0.2, 0.25) is 0 Å². The van der Waals surface area contributed by atoms with Gasteiger partial charge in [-0.15, -0.1) is 9.24 Å². The minimum atomic E-state index is 0.898. The van der Waals surface area contributed by atoms with Gasteiger partial charge in [0.1, 0.15) is 0 Å². The molecule has 0 aromatic carbocycles. The molecule has 0 amide bonds. The van der Waals surface area contributed by atoms with Gasteiger partial charge in [0.15, 0.2) is 0 Å². The van der Waals surface area contributed by atoms with Crippen molar-refractivity contribution in [1.29, 1.82) is 0 Å². The molecule has 1 heterocycles. The fourth-order valence-corrected chi connectivity index (χ4v) is 1.58. The maximum absolute atomic E-state index is 2.78. The number of rotatable bonds is 0. The summed E-state index contributed by atoms with van der Waals surface area (Å²) >= 11 is 2.02. The fourth-order valence-electron chi connectivity index (χ4n) is 0.254. The molecule has 0 radical (unpaired) electrons. The van der Waals surface area contributed by atoms with Crippen LogP contribution in [-0.4, -0.2) is 10.7 Å². The summed E-state index contributed by atoms with van der Waals surface area (Å²) in [6, 6.07) is 0. The lowest BCUT2D eigenvalue weighted by Gasteiger charge is -2.18. The second-order valence-electron chi connectivity index (χ2n) is 1.20. The molecule has 1 fully saturated rings. The lowest BCUT2D eigenvalue weighted by atomic mass is 10.5. The number of thioether (sulfide) groups is 1. The molecule has 1 saturated heterocycles. The van der Waals surface area contributed by atoms with Gasteiger partial charge in [0.25, 0.3) is 0 Å². The van der Waals surface area contributed by atoms with Gasteiger partial charge in [-0.1, -0.05) is 0 Å². The molecule has 0 aliphatic carbocycles. The topological polar surface area (TPSA) is 0 Å². The maximum atomic E-state index is 2.78. The van der Waals surface area contributed by atoms with Crippen LogP contribution in [0.25, 0.3) is 0 Å². The predicted molar refractivity (Wildman–Crippen MR) is 30.6 cm³/mol. The number of hydrogen-bond acceptors (Lipinski definition) is 1. The first-order valence-electron chi connectivity index (χ1n) is 1.77.